The molecule has 4 rings (SSSR count). The molecule has 1 N–H and O–H groups in total. The summed E-state index contributed by atoms with van der Waals surface area (Å²) in [5.41, 5.74) is 2.31. The number of nitrogens with one attached hydrogen (secondary N) is 1. The van der Waals surface area contributed by atoms with Crippen molar-refractivity contribution in [1.29, 1.82) is 0 Å². The van der Waals surface area contributed by atoms with Crippen LogP contribution in [0.1, 0.15) is 24.0 Å². The maximum atomic E-state index is 5.86. The molecule has 132 valence electrons. The maximum Gasteiger partial charge on any atom is 0.231 e. The zero-order valence-corrected chi connectivity index (χ0v) is 14.2. The van der Waals surface area contributed by atoms with Gasteiger partial charge in [-0.25, -0.2) is 0 Å². The highest BCUT2D eigenvalue weighted by atomic mass is 16.7. The second-order valence-electron chi connectivity index (χ2n) is 6.39. The lowest BCUT2D eigenvalue weighted by Gasteiger charge is -2.11. The smallest absolute Gasteiger partial charge is 0.231 e. The number of fused-ring (bicyclic) bond motifs is 1. The number of ether oxygens (including phenoxy) is 4. The average molecular weight is 341 g/mol. The minimum atomic E-state index is 0.294. The molecule has 1 atom stereocenters. The zero-order chi connectivity index (χ0) is 16.9. The first-order chi connectivity index (χ1) is 12.4. The number of rotatable bonds is 7. The molecule has 2 aliphatic heterocycles. The summed E-state index contributed by atoms with van der Waals surface area (Å²) < 4.78 is 22.2. The second-order valence-corrected chi connectivity index (χ2v) is 6.39. The van der Waals surface area contributed by atoms with Gasteiger partial charge in [0.25, 0.3) is 0 Å². The Kier molecular flexibility index (Phi) is 5.04. The molecule has 0 bridgehead atoms. The molecule has 25 heavy (non-hydrogen) atoms. The SMILES string of the molecule is c1cc(OCc2ccc3c(c2)OCO3)ccc1CNC[C@@H]1CCCO1. The summed E-state index contributed by atoms with van der Waals surface area (Å²) >= 11 is 0. The van der Waals surface area contributed by atoms with Crippen LogP contribution < -0.4 is 19.5 Å². The lowest BCUT2D eigenvalue weighted by atomic mass is 10.2. The molecule has 2 aliphatic rings. The van der Waals surface area contributed by atoms with Crippen molar-refractivity contribution in [2.24, 2.45) is 0 Å². The van der Waals surface area contributed by atoms with E-state index in [2.05, 4.69) is 17.4 Å². The van der Waals surface area contributed by atoms with Crippen LogP contribution in [0.4, 0.5) is 0 Å². The van der Waals surface area contributed by atoms with Crippen molar-refractivity contribution in [2.75, 3.05) is 19.9 Å². The highest BCUT2D eigenvalue weighted by molar-refractivity contribution is 5.44. The van der Waals surface area contributed by atoms with Crippen LogP contribution in [0.15, 0.2) is 42.5 Å². The van der Waals surface area contributed by atoms with Crippen molar-refractivity contribution in [2.45, 2.75) is 32.1 Å². The van der Waals surface area contributed by atoms with E-state index >= 15 is 0 Å². The first-order valence-corrected chi connectivity index (χ1v) is 8.79. The van der Waals surface area contributed by atoms with Gasteiger partial charge in [-0.1, -0.05) is 18.2 Å². The molecule has 0 aromatic heterocycles. The van der Waals surface area contributed by atoms with E-state index in [1.54, 1.807) is 0 Å². The van der Waals surface area contributed by atoms with Crippen LogP contribution >= 0.6 is 0 Å². The Labute approximate surface area is 147 Å². The van der Waals surface area contributed by atoms with Gasteiger partial charge >= 0.3 is 0 Å². The van der Waals surface area contributed by atoms with Crippen molar-refractivity contribution in [1.82, 2.24) is 5.32 Å². The third-order valence-corrected chi connectivity index (χ3v) is 4.49. The lowest BCUT2D eigenvalue weighted by Crippen LogP contribution is -2.25. The van der Waals surface area contributed by atoms with E-state index in [0.717, 1.165) is 42.5 Å². The molecule has 0 radical (unpaired) electrons. The fraction of sp³-hybridized carbons (Fsp3) is 0.400. The molecular weight excluding hydrogens is 318 g/mol. The van der Waals surface area contributed by atoms with Gasteiger partial charge in [-0.15, -0.1) is 0 Å². The third kappa shape index (κ3) is 4.24. The van der Waals surface area contributed by atoms with Crippen molar-refractivity contribution in [3.8, 4) is 17.2 Å². The monoisotopic (exact) mass is 341 g/mol. The molecule has 1 fully saturated rings. The van der Waals surface area contributed by atoms with Gasteiger partial charge in [-0.3, -0.25) is 0 Å². The van der Waals surface area contributed by atoms with Crippen LogP contribution in [0.3, 0.4) is 0 Å². The fourth-order valence-electron chi connectivity index (χ4n) is 3.08. The zero-order valence-electron chi connectivity index (χ0n) is 14.2. The van der Waals surface area contributed by atoms with Crippen molar-refractivity contribution < 1.29 is 18.9 Å². The van der Waals surface area contributed by atoms with Gasteiger partial charge in [0.2, 0.25) is 6.79 Å². The van der Waals surface area contributed by atoms with Crippen LogP contribution in [-0.2, 0) is 17.9 Å². The van der Waals surface area contributed by atoms with E-state index in [0.29, 0.717) is 19.5 Å². The Morgan fingerprint density at radius 2 is 1.84 bits per heavy atom. The second kappa shape index (κ2) is 7.76. The highest BCUT2D eigenvalue weighted by Gasteiger charge is 2.14. The van der Waals surface area contributed by atoms with Gasteiger partial charge in [0, 0.05) is 19.7 Å². The van der Waals surface area contributed by atoms with Gasteiger partial charge < -0.3 is 24.3 Å². The summed E-state index contributed by atoms with van der Waals surface area (Å²) in [5.74, 6) is 2.44. The van der Waals surface area contributed by atoms with Crippen LogP contribution in [0, 0.1) is 0 Å². The van der Waals surface area contributed by atoms with E-state index in [9.17, 15) is 0 Å². The summed E-state index contributed by atoms with van der Waals surface area (Å²) in [6.45, 7) is 3.47. The topological polar surface area (TPSA) is 49.0 Å². The van der Waals surface area contributed by atoms with E-state index in [-0.39, 0.29) is 0 Å². The van der Waals surface area contributed by atoms with Crippen LogP contribution in [0.25, 0.3) is 0 Å². The Morgan fingerprint density at radius 1 is 1.00 bits per heavy atom. The summed E-state index contributed by atoms with van der Waals surface area (Å²) in [6.07, 6.45) is 2.73. The van der Waals surface area contributed by atoms with Crippen molar-refractivity contribution in [3.63, 3.8) is 0 Å². The maximum absolute atomic E-state index is 5.86. The van der Waals surface area contributed by atoms with Gasteiger partial charge in [-0.05, 0) is 48.2 Å². The van der Waals surface area contributed by atoms with Crippen molar-refractivity contribution in [3.05, 3.63) is 53.6 Å². The minimum absolute atomic E-state index is 0.294. The Bertz CT molecular complexity index is 695. The molecule has 0 unspecified atom stereocenters. The first-order valence-electron chi connectivity index (χ1n) is 8.79. The van der Waals surface area contributed by atoms with Crippen LogP contribution in [0.2, 0.25) is 0 Å². The molecule has 2 heterocycles. The molecule has 0 spiro atoms. The summed E-state index contributed by atoms with van der Waals surface area (Å²) in [7, 11) is 0. The van der Waals surface area contributed by atoms with Gasteiger partial charge in [-0.2, -0.15) is 0 Å². The summed E-state index contributed by atoms with van der Waals surface area (Å²) in [4.78, 5) is 0. The summed E-state index contributed by atoms with van der Waals surface area (Å²) in [6, 6.07) is 14.1. The highest BCUT2D eigenvalue weighted by Crippen LogP contribution is 2.32. The molecule has 1 saturated heterocycles. The fourth-order valence-corrected chi connectivity index (χ4v) is 3.08. The first kappa shape index (κ1) is 16.2. The molecule has 0 amide bonds. The van der Waals surface area contributed by atoms with E-state index in [4.69, 9.17) is 18.9 Å². The predicted molar refractivity (Wildman–Crippen MR) is 94.0 cm³/mol. The largest absolute Gasteiger partial charge is 0.489 e. The van der Waals surface area contributed by atoms with Crippen LogP contribution in [0.5, 0.6) is 17.2 Å². The predicted octanol–water partition coefficient (Wildman–Crippen LogP) is 3.26. The Balaban J connectivity index is 1.24. The minimum Gasteiger partial charge on any atom is -0.489 e. The average Bonchev–Trinajstić information content (AvgIpc) is 3.32. The molecule has 2 aromatic carbocycles. The van der Waals surface area contributed by atoms with Gasteiger partial charge in [0.15, 0.2) is 11.5 Å². The molecule has 0 aliphatic carbocycles. The molecule has 0 saturated carbocycles. The Morgan fingerprint density at radius 3 is 2.68 bits per heavy atom. The number of hydrogen-bond acceptors (Lipinski definition) is 5. The van der Waals surface area contributed by atoms with E-state index in [1.807, 2.05) is 30.3 Å². The van der Waals surface area contributed by atoms with E-state index in [1.165, 1.54) is 18.4 Å². The Hall–Kier alpha value is -2.24. The third-order valence-electron chi connectivity index (χ3n) is 4.49. The van der Waals surface area contributed by atoms with Gasteiger partial charge in [0.05, 0.1) is 6.10 Å². The van der Waals surface area contributed by atoms with Crippen molar-refractivity contribution >= 4 is 0 Å². The molecule has 5 heteroatoms. The van der Waals surface area contributed by atoms with E-state index < -0.39 is 0 Å². The van der Waals surface area contributed by atoms with Crippen LogP contribution in [-0.4, -0.2) is 26.0 Å². The number of hydrogen-bond donors (Lipinski definition) is 1. The quantitative estimate of drug-likeness (QED) is 0.838. The molecular formula is C20H23NO4. The molecule has 2 aromatic rings. The molecule has 5 nitrogen and oxygen atoms in total. The standard InChI is InChI=1S/C20H23NO4/c1-2-18(22-9-1)12-21-11-15-3-6-17(7-4-15)23-13-16-5-8-19-20(10-16)25-14-24-19/h3-8,10,18,21H,1-2,9,11-14H2/t18-/m0/s1. The lowest BCUT2D eigenvalue weighted by molar-refractivity contribution is 0.110. The summed E-state index contributed by atoms with van der Waals surface area (Å²) in [5, 5.41) is 3.45. The van der Waals surface area contributed by atoms with Gasteiger partial charge in [0.1, 0.15) is 12.4 Å². The normalized spacial score (nSPS) is 18.5. The number of benzene rings is 2.